The Morgan fingerprint density at radius 2 is 2.04 bits per heavy atom. The van der Waals surface area contributed by atoms with E-state index in [4.69, 9.17) is 4.74 Å². The lowest BCUT2D eigenvalue weighted by Crippen LogP contribution is -2.40. The van der Waals surface area contributed by atoms with Gasteiger partial charge in [-0.15, -0.1) is 34.2 Å². The van der Waals surface area contributed by atoms with Crippen molar-refractivity contribution in [2.45, 2.75) is 25.8 Å². The molecule has 1 aromatic heterocycles. The van der Waals surface area contributed by atoms with Gasteiger partial charge in [-0.05, 0) is 37.3 Å². The van der Waals surface area contributed by atoms with E-state index in [1.165, 1.54) is 19.3 Å². The first-order valence-corrected chi connectivity index (χ1v) is 9.21. The summed E-state index contributed by atoms with van der Waals surface area (Å²) >= 11 is 0. The van der Waals surface area contributed by atoms with Crippen LogP contribution in [-0.4, -0.2) is 59.5 Å². The van der Waals surface area contributed by atoms with Crippen LogP contribution in [-0.2, 0) is 11.3 Å². The van der Waals surface area contributed by atoms with Gasteiger partial charge >= 0.3 is 0 Å². The molecule has 1 aliphatic heterocycles. The van der Waals surface area contributed by atoms with Crippen LogP contribution in [0.15, 0.2) is 41.7 Å². The van der Waals surface area contributed by atoms with Crippen LogP contribution in [0.3, 0.4) is 0 Å². The number of nitrogens with zero attached hydrogens (tertiary/aromatic N) is 5. The van der Waals surface area contributed by atoms with E-state index in [-0.39, 0.29) is 24.0 Å². The van der Waals surface area contributed by atoms with Crippen molar-refractivity contribution in [1.82, 2.24) is 25.0 Å². The SMILES string of the molecule is CN=C(NCc1nncn1-c1ccccc1)N(C)CCC1CCOCC1.I. The fourth-order valence-corrected chi connectivity index (χ4v) is 3.24. The normalized spacial score (nSPS) is 15.3. The molecule has 0 spiro atoms. The van der Waals surface area contributed by atoms with Gasteiger partial charge in [-0.1, -0.05) is 18.2 Å². The molecule has 1 N–H and O–H groups in total. The number of hydrogen-bond acceptors (Lipinski definition) is 4. The Morgan fingerprint density at radius 1 is 1.30 bits per heavy atom. The Morgan fingerprint density at radius 3 is 2.74 bits per heavy atom. The molecule has 3 rings (SSSR count). The van der Waals surface area contributed by atoms with Crippen LogP contribution >= 0.6 is 24.0 Å². The Kier molecular flexibility index (Phi) is 8.99. The molecular weight excluding hydrogens is 455 g/mol. The summed E-state index contributed by atoms with van der Waals surface area (Å²) in [5, 5.41) is 11.7. The third-order valence-corrected chi connectivity index (χ3v) is 4.84. The molecule has 27 heavy (non-hydrogen) atoms. The Hall–Kier alpha value is -1.68. The Labute approximate surface area is 178 Å². The van der Waals surface area contributed by atoms with Crippen molar-refractivity contribution in [2.75, 3.05) is 33.9 Å². The molecule has 7 nitrogen and oxygen atoms in total. The number of nitrogens with one attached hydrogen (secondary N) is 1. The number of rotatable bonds is 6. The zero-order valence-electron chi connectivity index (χ0n) is 16.0. The van der Waals surface area contributed by atoms with Gasteiger partial charge in [0.25, 0.3) is 0 Å². The molecule has 0 unspecified atom stereocenters. The van der Waals surface area contributed by atoms with Gasteiger partial charge in [-0.2, -0.15) is 0 Å². The van der Waals surface area contributed by atoms with Crippen LogP contribution in [0.5, 0.6) is 0 Å². The number of aromatic nitrogens is 3. The molecule has 1 aliphatic rings. The maximum Gasteiger partial charge on any atom is 0.193 e. The molecule has 0 radical (unpaired) electrons. The minimum absolute atomic E-state index is 0. The molecule has 0 saturated carbocycles. The molecule has 1 saturated heterocycles. The highest BCUT2D eigenvalue weighted by molar-refractivity contribution is 14.0. The standard InChI is InChI=1S/C19H28N6O.HI/c1-20-19(24(2)11-8-16-9-12-26-13-10-16)21-14-18-23-22-15-25(18)17-6-4-3-5-7-17;/h3-7,15-16H,8-14H2,1-2H3,(H,20,21);1H. The number of hydrogen-bond donors (Lipinski definition) is 1. The van der Waals surface area contributed by atoms with Crippen LogP contribution in [0.2, 0.25) is 0 Å². The lowest BCUT2D eigenvalue weighted by molar-refractivity contribution is 0.0625. The minimum Gasteiger partial charge on any atom is -0.381 e. The molecule has 0 aliphatic carbocycles. The monoisotopic (exact) mass is 484 g/mol. The highest BCUT2D eigenvalue weighted by Crippen LogP contribution is 2.18. The largest absolute Gasteiger partial charge is 0.381 e. The molecule has 2 heterocycles. The van der Waals surface area contributed by atoms with Gasteiger partial charge in [0.15, 0.2) is 11.8 Å². The highest BCUT2D eigenvalue weighted by Gasteiger charge is 2.16. The second-order valence-electron chi connectivity index (χ2n) is 6.62. The van der Waals surface area contributed by atoms with E-state index in [1.54, 1.807) is 6.33 Å². The number of ether oxygens (including phenoxy) is 1. The molecule has 1 fully saturated rings. The topological polar surface area (TPSA) is 67.6 Å². The minimum atomic E-state index is 0. The number of benzene rings is 1. The first kappa shape index (κ1) is 21.6. The molecule has 1 aromatic carbocycles. The third kappa shape index (κ3) is 6.17. The maximum atomic E-state index is 5.44. The fourth-order valence-electron chi connectivity index (χ4n) is 3.24. The lowest BCUT2D eigenvalue weighted by atomic mass is 9.96. The van der Waals surface area contributed by atoms with E-state index in [9.17, 15) is 0 Å². The second kappa shape index (κ2) is 11.2. The van der Waals surface area contributed by atoms with E-state index in [0.29, 0.717) is 6.54 Å². The average Bonchev–Trinajstić information content (AvgIpc) is 3.17. The van der Waals surface area contributed by atoms with Gasteiger partial charge < -0.3 is 15.0 Å². The van der Waals surface area contributed by atoms with Crippen molar-refractivity contribution < 1.29 is 4.74 Å². The summed E-state index contributed by atoms with van der Waals surface area (Å²) in [6.07, 6.45) is 5.24. The summed E-state index contributed by atoms with van der Waals surface area (Å²) in [6.45, 7) is 3.35. The van der Waals surface area contributed by atoms with E-state index in [2.05, 4.69) is 32.5 Å². The fraction of sp³-hybridized carbons (Fsp3) is 0.526. The third-order valence-electron chi connectivity index (χ3n) is 4.84. The van der Waals surface area contributed by atoms with E-state index >= 15 is 0 Å². The predicted molar refractivity (Wildman–Crippen MR) is 118 cm³/mol. The van der Waals surface area contributed by atoms with Crippen LogP contribution in [0.4, 0.5) is 0 Å². The van der Waals surface area contributed by atoms with Crippen molar-refractivity contribution in [3.8, 4) is 5.69 Å². The first-order valence-electron chi connectivity index (χ1n) is 9.21. The summed E-state index contributed by atoms with van der Waals surface area (Å²) in [7, 11) is 3.89. The molecule has 8 heteroatoms. The van der Waals surface area contributed by atoms with Gasteiger partial charge in [0.05, 0.1) is 6.54 Å². The maximum absolute atomic E-state index is 5.44. The number of guanidine groups is 1. The van der Waals surface area contributed by atoms with E-state index < -0.39 is 0 Å². The van der Waals surface area contributed by atoms with Crippen molar-refractivity contribution >= 4 is 29.9 Å². The van der Waals surface area contributed by atoms with Crippen molar-refractivity contribution in [2.24, 2.45) is 10.9 Å². The van der Waals surface area contributed by atoms with Gasteiger partial charge in [0.1, 0.15) is 6.33 Å². The van der Waals surface area contributed by atoms with Gasteiger partial charge in [-0.3, -0.25) is 9.56 Å². The van der Waals surface area contributed by atoms with Crippen molar-refractivity contribution in [3.05, 3.63) is 42.5 Å². The Bertz CT molecular complexity index is 699. The average molecular weight is 484 g/mol. The summed E-state index contributed by atoms with van der Waals surface area (Å²) in [5.74, 6) is 2.49. The van der Waals surface area contributed by atoms with Crippen LogP contribution < -0.4 is 5.32 Å². The molecule has 0 amide bonds. The first-order chi connectivity index (χ1) is 12.8. The summed E-state index contributed by atoms with van der Waals surface area (Å²) < 4.78 is 7.43. The number of para-hydroxylation sites is 1. The zero-order valence-corrected chi connectivity index (χ0v) is 18.4. The van der Waals surface area contributed by atoms with Gasteiger partial charge in [0, 0.05) is 39.5 Å². The Balaban J connectivity index is 0.00000261. The van der Waals surface area contributed by atoms with Crippen molar-refractivity contribution in [1.29, 1.82) is 0 Å². The number of aliphatic imine (C=N–C) groups is 1. The molecule has 0 atom stereocenters. The summed E-state index contributed by atoms with van der Waals surface area (Å²) in [6, 6.07) is 10.1. The van der Waals surface area contributed by atoms with Gasteiger partial charge in [-0.25, -0.2) is 0 Å². The molecule has 2 aromatic rings. The number of halogens is 1. The smallest absolute Gasteiger partial charge is 0.193 e. The van der Waals surface area contributed by atoms with Crippen LogP contribution in [0.1, 0.15) is 25.1 Å². The van der Waals surface area contributed by atoms with Gasteiger partial charge in [0.2, 0.25) is 0 Å². The zero-order chi connectivity index (χ0) is 18.2. The quantitative estimate of drug-likeness (QED) is 0.388. The highest BCUT2D eigenvalue weighted by atomic mass is 127. The van der Waals surface area contributed by atoms with E-state index in [1.807, 2.05) is 41.9 Å². The summed E-state index contributed by atoms with van der Waals surface area (Å²) in [5.41, 5.74) is 1.05. The predicted octanol–water partition coefficient (Wildman–Crippen LogP) is 2.71. The van der Waals surface area contributed by atoms with Crippen molar-refractivity contribution in [3.63, 3.8) is 0 Å². The van der Waals surface area contributed by atoms with Crippen LogP contribution in [0.25, 0.3) is 5.69 Å². The molecular formula is C19H29IN6O. The van der Waals surface area contributed by atoms with Crippen LogP contribution in [0, 0.1) is 5.92 Å². The van der Waals surface area contributed by atoms with E-state index in [0.717, 1.165) is 43.1 Å². The summed E-state index contributed by atoms with van der Waals surface area (Å²) in [4.78, 5) is 6.58. The lowest BCUT2D eigenvalue weighted by Gasteiger charge is -2.26. The molecule has 148 valence electrons. The molecule has 0 bridgehead atoms. The second-order valence-corrected chi connectivity index (χ2v) is 6.62.